The lowest BCUT2D eigenvalue weighted by atomic mass is 10.1. The first-order chi connectivity index (χ1) is 15.0. The molecule has 0 unspecified atom stereocenters. The molecule has 160 valence electrons. The fourth-order valence-corrected chi connectivity index (χ4v) is 5.02. The van der Waals surface area contributed by atoms with Gasteiger partial charge in [0, 0.05) is 22.6 Å². The van der Waals surface area contributed by atoms with E-state index in [9.17, 15) is 9.59 Å². The van der Waals surface area contributed by atoms with Crippen LogP contribution in [0.2, 0.25) is 0 Å². The van der Waals surface area contributed by atoms with Gasteiger partial charge in [-0.25, -0.2) is 0 Å². The summed E-state index contributed by atoms with van der Waals surface area (Å²) in [6.07, 6.45) is 0.776. The normalized spacial score (nSPS) is 18.8. The number of rotatable bonds is 5. The van der Waals surface area contributed by atoms with E-state index in [0.717, 1.165) is 27.8 Å². The molecule has 1 aliphatic heterocycles. The molecule has 0 bridgehead atoms. The van der Waals surface area contributed by atoms with Crippen LogP contribution >= 0.6 is 27.7 Å². The Morgan fingerprint density at radius 2 is 1.97 bits per heavy atom. The van der Waals surface area contributed by atoms with Crippen molar-refractivity contribution in [3.05, 3.63) is 76.0 Å². The van der Waals surface area contributed by atoms with E-state index in [1.54, 1.807) is 18.7 Å². The zero-order chi connectivity index (χ0) is 21.8. The van der Waals surface area contributed by atoms with Crippen LogP contribution in [-0.2, 0) is 4.79 Å². The molecule has 2 N–H and O–H groups in total. The van der Waals surface area contributed by atoms with Crippen molar-refractivity contribution in [2.75, 3.05) is 12.3 Å². The first-order valence-corrected chi connectivity index (χ1v) is 11.8. The van der Waals surface area contributed by atoms with Gasteiger partial charge >= 0.3 is 0 Å². The monoisotopic (exact) mass is 499 g/mol. The molecule has 0 saturated carbocycles. The second-order valence-electron chi connectivity index (χ2n) is 7.33. The van der Waals surface area contributed by atoms with Crippen LogP contribution in [0.25, 0.3) is 11.3 Å². The minimum absolute atomic E-state index is 0.0322. The minimum atomic E-state index is -0.256. The number of thioether (sulfide) groups is 1. The molecule has 2 atom stereocenters. The Hall–Kier alpha value is -2.58. The fraction of sp³-hybridized carbons (Fsp3) is 0.261. The lowest BCUT2D eigenvalue weighted by molar-refractivity contribution is -0.121. The third-order valence-corrected chi connectivity index (χ3v) is 6.97. The molecular weight excluding hydrogens is 478 g/mol. The van der Waals surface area contributed by atoms with E-state index in [4.69, 9.17) is 4.52 Å². The number of hydrogen-bond acceptors (Lipinski definition) is 5. The van der Waals surface area contributed by atoms with Crippen molar-refractivity contribution in [3.63, 3.8) is 0 Å². The lowest BCUT2D eigenvalue weighted by Gasteiger charge is -2.18. The zero-order valence-electron chi connectivity index (χ0n) is 16.9. The number of benzene rings is 2. The summed E-state index contributed by atoms with van der Waals surface area (Å²) in [5, 5.41) is 9.84. The number of halogens is 1. The first kappa shape index (κ1) is 21.6. The van der Waals surface area contributed by atoms with Crippen molar-refractivity contribution < 1.29 is 14.1 Å². The molecule has 8 heteroatoms. The van der Waals surface area contributed by atoms with Crippen LogP contribution in [0.15, 0.2) is 63.6 Å². The molecule has 31 heavy (non-hydrogen) atoms. The molecule has 2 heterocycles. The van der Waals surface area contributed by atoms with Crippen LogP contribution in [0.5, 0.6) is 0 Å². The maximum absolute atomic E-state index is 12.9. The van der Waals surface area contributed by atoms with E-state index in [1.807, 2.05) is 54.6 Å². The Labute approximate surface area is 193 Å². The average molecular weight is 500 g/mol. The summed E-state index contributed by atoms with van der Waals surface area (Å²) < 4.78 is 6.27. The average Bonchev–Trinajstić information content (AvgIpc) is 3.07. The van der Waals surface area contributed by atoms with Crippen molar-refractivity contribution >= 4 is 39.5 Å². The van der Waals surface area contributed by atoms with Crippen LogP contribution in [0.4, 0.5) is 0 Å². The largest absolute Gasteiger partial charge is 0.360 e. The number of carbonyl (C=O) groups is 2. The van der Waals surface area contributed by atoms with Crippen molar-refractivity contribution in [2.45, 2.75) is 24.6 Å². The van der Waals surface area contributed by atoms with E-state index < -0.39 is 0 Å². The molecule has 6 nitrogen and oxygen atoms in total. The molecule has 0 radical (unpaired) electrons. The molecule has 2 aromatic carbocycles. The van der Waals surface area contributed by atoms with Gasteiger partial charge in [-0.3, -0.25) is 9.59 Å². The number of amides is 2. The fourth-order valence-electron chi connectivity index (χ4n) is 3.53. The predicted octanol–water partition coefficient (Wildman–Crippen LogP) is 4.51. The van der Waals surface area contributed by atoms with Crippen molar-refractivity contribution in [3.8, 4) is 11.3 Å². The Morgan fingerprint density at radius 3 is 2.71 bits per heavy atom. The van der Waals surface area contributed by atoms with E-state index >= 15 is 0 Å². The maximum atomic E-state index is 12.9. The van der Waals surface area contributed by atoms with Crippen LogP contribution in [0.1, 0.15) is 33.4 Å². The molecule has 1 aromatic heterocycles. The van der Waals surface area contributed by atoms with E-state index in [-0.39, 0.29) is 23.1 Å². The number of aromatic nitrogens is 1. The van der Waals surface area contributed by atoms with Crippen molar-refractivity contribution in [2.24, 2.45) is 0 Å². The number of hydrogen-bond donors (Lipinski definition) is 2. The highest BCUT2D eigenvalue weighted by Gasteiger charge is 2.28. The van der Waals surface area contributed by atoms with E-state index in [1.165, 1.54) is 0 Å². The predicted molar refractivity (Wildman–Crippen MR) is 125 cm³/mol. The summed E-state index contributed by atoms with van der Waals surface area (Å²) in [6.45, 7) is 2.07. The Morgan fingerprint density at radius 1 is 1.23 bits per heavy atom. The third kappa shape index (κ3) is 5.02. The van der Waals surface area contributed by atoms with Gasteiger partial charge in [0.25, 0.3) is 5.91 Å². The lowest BCUT2D eigenvalue weighted by Crippen LogP contribution is -2.44. The van der Waals surface area contributed by atoms with Crippen LogP contribution in [-0.4, -0.2) is 35.3 Å². The van der Waals surface area contributed by atoms with Crippen molar-refractivity contribution in [1.82, 2.24) is 15.8 Å². The summed E-state index contributed by atoms with van der Waals surface area (Å²) >= 11 is 5.05. The molecule has 1 fully saturated rings. The van der Waals surface area contributed by atoms with E-state index in [2.05, 4.69) is 31.7 Å². The molecule has 2 amide bonds. The van der Waals surface area contributed by atoms with Gasteiger partial charge in [-0.2, -0.15) is 0 Å². The van der Waals surface area contributed by atoms with Gasteiger partial charge in [0.2, 0.25) is 5.91 Å². The standard InChI is InChI=1S/C23H22BrN3O3S/c1-14-19(20(27-30-14)15-5-3-2-4-6-15)22(28)25-13-18-11-12-31-21(23(29)26-18)16-7-9-17(24)10-8-16/h2-10,18,21H,11-13H2,1H3,(H,25,28)(H,26,29)/t18-,21+/m0/s1. The number of nitrogens with zero attached hydrogens (tertiary/aromatic N) is 1. The summed E-state index contributed by atoms with van der Waals surface area (Å²) in [7, 11) is 0. The molecule has 0 aliphatic carbocycles. The first-order valence-electron chi connectivity index (χ1n) is 10.0. The highest BCUT2D eigenvalue weighted by atomic mass is 79.9. The topological polar surface area (TPSA) is 84.2 Å². The van der Waals surface area contributed by atoms with Gasteiger partial charge in [-0.05, 0) is 36.8 Å². The van der Waals surface area contributed by atoms with Gasteiger partial charge < -0.3 is 15.2 Å². The Bertz CT molecular complexity index is 1070. The van der Waals surface area contributed by atoms with Gasteiger partial charge in [0.05, 0.1) is 0 Å². The smallest absolute Gasteiger partial charge is 0.257 e. The Kier molecular flexibility index (Phi) is 6.77. The molecule has 3 aromatic rings. The second-order valence-corrected chi connectivity index (χ2v) is 9.46. The van der Waals surface area contributed by atoms with Gasteiger partial charge in [-0.1, -0.05) is 63.6 Å². The van der Waals surface area contributed by atoms with Crippen LogP contribution < -0.4 is 10.6 Å². The number of nitrogens with one attached hydrogen (secondary N) is 2. The molecule has 4 rings (SSSR count). The van der Waals surface area contributed by atoms with Gasteiger partial charge in [-0.15, -0.1) is 11.8 Å². The highest BCUT2D eigenvalue weighted by molar-refractivity contribution is 9.10. The second kappa shape index (κ2) is 9.70. The van der Waals surface area contributed by atoms with Crippen LogP contribution in [0.3, 0.4) is 0 Å². The summed E-state index contributed by atoms with van der Waals surface area (Å²) in [5.41, 5.74) is 2.74. The highest BCUT2D eigenvalue weighted by Crippen LogP contribution is 2.33. The van der Waals surface area contributed by atoms with Crippen LogP contribution in [0, 0.1) is 6.92 Å². The van der Waals surface area contributed by atoms with Gasteiger partial charge in [0.1, 0.15) is 22.3 Å². The minimum Gasteiger partial charge on any atom is -0.360 e. The summed E-state index contributed by atoms with van der Waals surface area (Å²) in [5.74, 6) is 0.997. The third-order valence-electron chi connectivity index (χ3n) is 5.15. The maximum Gasteiger partial charge on any atom is 0.257 e. The van der Waals surface area contributed by atoms with Gasteiger partial charge in [0.15, 0.2) is 0 Å². The zero-order valence-corrected chi connectivity index (χ0v) is 19.3. The quantitative estimate of drug-likeness (QED) is 0.539. The molecule has 1 saturated heterocycles. The SMILES string of the molecule is Cc1onc(-c2ccccc2)c1C(=O)NC[C@@H]1CCS[C@H](c2ccc(Br)cc2)C(=O)N1. The number of carbonyl (C=O) groups excluding carboxylic acids is 2. The molecular formula is C23H22BrN3O3S. The summed E-state index contributed by atoms with van der Waals surface area (Å²) in [4.78, 5) is 25.7. The number of aryl methyl sites for hydroxylation is 1. The summed E-state index contributed by atoms with van der Waals surface area (Å²) in [6, 6.07) is 17.1. The Balaban J connectivity index is 1.41. The molecule has 1 aliphatic rings. The molecule has 0 spiro atoms. The van der Waals surface area contributed by atoms with E-state index in [0.29, 0.717) is 23.6 Å². The van der Waals surface area contributed by atoms with Crippen molar-refractivity contribution in [1.29, 1.82) is 0 Å².